The summed E-state index contributed by atoms with van der Waals surface area (Å²) in [6.45, 7) is 2.71. The van der Waals surface area contributed by atoms with E-state index >= 15 is 0 Å². The molecule has 1 aromatic rings. The van der Waals surface area contributed by atoms with Crippen LogP contribution in [0.4, 0.5) is 17.1 Å². The first-order valence-electron chi connectivity index (χ1n) is 5.64. The number of rotatable bonds is 2. The average Bonchev–Trinajstić information content (AvgIpc) is 2.34. The van der Waals surface area contributed by atoms with Crippen molar-refractivity contribution in [2.75, 3.05) is 25.1 Å². The Morgan fingerprint density at radius 1 is 1.22 bits per heavy atom. The molecule has 0 fully saturated rings. The molecule has 1 aromatic carbocycles. The third-order valence-corrected chi connectivity index (χ3v) is 2.69. The fraction of sp³-hybridized carbons (Fsp3) is 0.231. The van der Waals surface area contributed by atoms with Crippen molar-refractivity contribution in [3.8, 4) is 0 Å². The first kappa shape index (κ1) is 12.1. The van der Waals surface area contributed by atoms with Gasteiger partial charge < -0.3 is 16.4 Å². The molecule has 5 nitrogen and oxygen atoms in total. The van der Waals surface area contributed by atoms with Crippen molar-refractivity contribution >= 4 is 17.1 Å². The summed E-state index contributed by atoms with van der Waals surface area (Å²) in [4.78, 5) is 2.00. The Morgan fingerprint density at radius 2 is 2.00 bits per heavy atom. The molecule has 1 aliphatic rings. The summed E-state index contributed by atoms with van der Waals surface area (Å²) >= 11 is 0. The van der Waals surface area contributed by atoms with Crippen LogP contribution < -0.4 is 11.5 Å². The van der Waals surface area contributed by atoms with Crippen LogP contribution in [-0.4, -0.2) is 18.5 Å². The molecule has 4 N–H and O–H groups in total. The number of nitrogen functional groups attached to an aromatic ring is 2. The molecule has 1 heterocycles. The number of nitrogens with two attached hydrogens (primary N) is 2. The highest BCUT2D eigenvalue weighted by molar-refractivity contribution is 5.70. The van der Waals surface area contributed by atoms with Crippen molar-refractivity contribution in [1.29, 1.82) is 0 Å². The summed E-state index contributed by atoms with van der Waals surface area (Å²) in [5.41, 5.74) is 15.1. The van der Waals surface area contributed by atoms with E-state index in [1.54, 1.807) is 6.07 Å². The molecule has 5 heteroatoms. The highest BCUT2D eigenvalue weighted by Crippen LogP contribution is 2.28. The van der Waals surface area contributed by atoms with Crippen LogP contribution in [0, 0.1) is 13.0 Å². The topological polar surface area (TPSA) is 80.0 Å². The molecular weight excluding hydrogens is 226 g/mol. The lowest BCUT2D eigenvalue weighted by Gasteiger charge is -2.06. The van der Waals surface area contributed by atoms with E-state index in [9.17, 15) is 0 Å². The fourth-order valence-corrected chi connectivity index (χ4v) is 1.51. The average molecular weight is 242 g/mol. The van der Waals surface area contributed by atoms with Crippen LogP contribution in [0.5, 0.6) is 0 Å². The number of azo groups is 1. The quantitative estimate of drug-likeness (QED) is 0.474. The van der Waals surface area contributed by atoms with E-state index in [0.717, 1.165) is 12.1 Å². The SMILES string of the molecule is Cc1cc(N=NC2=CCN(C)C=[C+]2)c(N)cc1N. The normalized spacial score (nSPS) is 14.8. The monoisotopic (exact) mass is 242 g/mol. The Hall–Kier alpha value is -2.39. The lowest BCUT2D eigenvalue weighted by atomic mass is 10.1. The van der Waals surface area contributed by atoms with Gasteiger partial charge in [-0.1, -0.05) is 5.11 Å². The van der Waals surface area contributed by atoms with Gasteiger partial charge in [-0.3, -0.25) is 0 Å². The maximum absolute atomic E-state index is 5.84. The molecule has 0 spiro atoms. The van der Waals surface area contributed by atoms with Gasteiger partial charge in [-0.05, 0) is 24.6 Å². The number of allylic oxidation sites excluding steroid dienone is 1. The molecule has 0 atom stereocenters. The molecule has 92 valence electrons. The van der Waals surface area contributed by atoms with E-state index in [1.807, 2.05) is 37.2 Å². The van der Waals surface area contributed by atoms with Gasteiger partial charge in [-0.25, -0.2) is 0 Å². The molecule has 0 radical (unpaired) electrons. The maximum Gasteiger partial charge on any atom is 0.304 e. The molecule has 0 aromatic heterocycles. The predicted octanol–water partition coefficient (Wildman–Crippen LogP) is 2.39. The molecule has 0 saturated carbocycles. The van der Waals surface area contributed by atoms with E-state index in [1.165, 1.54) is 0 Å². The van der Waals surface area contributed by atoms with Gasteiger partial charge in [0.2, 0.25) is 0 Å². The van der Waals surface area contributed by atoms with Crippen LogP contribution in [0.2, 0.25) is 0 Å². The van der Waals surface area contributed by atoms with E-state index in [-0.39, 0.29) is 0 Å². The lowest BCUT2D eigenvalue weighted by molar-refractivity contribution is 0.499. The molecule has 0 aliphatic carbocycles. The smallest absolute Gasteiger partial charge is 0.304 e. The molecule has 0 saturated heterocycles. The van der Waals surface area contributed by atoms with Gasteiger partial charge in [0, 0.05) is 12.7 Å². The second-order valence-electron chi connectivity index (χ2n) is 4.27. The zero-order valence-electron chi connectivity index (χ0n) is 10.5. The minimum atomic E-state index is 0.527. The number of anilines is 2. The van der Waals surface area contributed by atoms with Crippen LogP contribution in [0.3, 0.4) is 0 Å². The molecule has 0 amide bonds. The second kappa shape index (κ2) is 4.85. The van der Waals surface area contributed by atoms with E-state index in [0.29, 0.717) is 22.8 Å². The number of hydrogen-bond acceptors (Lipinski definition) is 5. The van der Waals surface area contributed by atoms with Crippen molar-refractivity contribution in [3.05, 3.63) is 41.7 Å². The Balaban J connectivity index is 2.20. The maximum atomic E-state index is 5.84. The number of benzene rings is 1. The minimum Gasteiger partial charge on any atom is -0.398 e. The van der Waals surface area contributed by atoms with Crippen LogP contribution in [0.15, 0.2) is 40.3 Å². The van der Waals surface area contributed by atoms with Crippen molar-refractivity contribution in [2.24, 2.45) is 10.2 Å². The summed E-state index contributed by atoms with van der Waals surface area (Å²) < 4.78 is 0. The molecule has 2 rings (SSSR count). The molecule has 18 heavy (non-hydrogen) atoms. The molecule has 0 bridgehead atoms. The molecular formula is C13H16N5+. The predicted molar refractivity (Wildman–Crippen MR) is 73.0 cm³/mol. The first-order chi connectivity index (χ1) is 8.56. The van der Waals surface area contributed by atoms with Gasteiger partial charge in [-0.2, -0.15) is 0 Å². The standard InChI is InChI=1S/C13H16N5/c1-9-7-13(12(15)8-11(9)14)17-16-10-3-5-18(2)6-4-10/h3,6-8H,5,14-15H2,1-2H3/q+1. The Labute approximate surface area is 106 Å². The van der Waals surface area contributed by atoms with E-state index in [4.69, 9.17) is 11.5 Å². The van der Waals surface area contributed by atoms with Gasteiger partial charge in [0.15, 0.2) is 6.20 Å². The van der Waals surface area contributed by atoms with Crippen molar-refractivity contribution in [3.63, 3.8) is 0 Å². The van der Waals surface area contributed by atoms with Crippen molar-refractivity contribution in [2.45, 2.75) is 6.92 Å². The van der Waals surface area contributed by atoms with Crippen LogP contribution >= 0.6 is 0 Å². The number of likely N-dealkylation sites (N-methyl/N-ethyl adjacent to an activating group) is 1. The highest BCUT2D eigenvalue weighted by atomic mass is 15.1. The third kappa shape index (κ3) is 2.64. The largest absolute Gasteiger partial charge is 0.398 e. The number of hydrogen-bond donors (Lipinski definition) is 2. The summed E-state index contributed by atoms with van der Waals surface area (Å²) in [5, 5.41) is 8.25. The number of aryl methyl sites for hydroxylation is 1. The second-order valence-corrected chi connectivity index (χ2v) is 4.27. The lowest BCUT2D eigenvalue weighted by Crippen LogP contribution is -2.13. The zero-order valence-corrected chi connectivity index (χ0v) is 10.5. The summed E-state index contributed by atoms with van der Waals surface area (Å²) in [7, 11) is 1.97. The van der Waals surface area contributed by atoms with Gasteiger partial charge in [-0.15, -0.1) is 5.11 Å². The summed E-state index contributed by atoms with van der Waals surface area (Å²) in [5.74, 6) is 0. The highest BCUT2D eigenvalue weighted by Gasteiger charge is 2.11. The fourth-order valence-electron chi connectivity index (χ4n) is 1.51. The van der Waals surface area contributed by atoms with Crippen LogP contribution in [0.25, 0.3) is 0 Å². The Bertz CT molecular complexity index is 543. The van der Waals surface area contributed by atoms with Crippen LogP contribution in [-0.2, 0) is 0 Å². The Morgan fingerprint density at radius 3 is 2.67 bits per heavy atom. The third-order valence-electron chi connectivity index (χ3n) is 2.69. The molecule has 1 aliphatic heterocycles. The van der Waals surface area contributed by atoms with Gasteiger partial charge >= 0.3 is 5.70 Å². The zero-order chi connectivity index (χ0) is 13.1. The van der Waals surface area contributed by atoms with Crippen LogP contribution in [0.1, 0.15) is 5.56 Å². The first-order valence-corrected chi connectivity index (χ1v) is 5.64. The number of nitrogens with zero attached hydrogens (tertiary/aromatic N) is 3. The summed E-state index contributed by atoms with van der Waals surface area (Å²) in [6.07, 6.45) is 6.81. The van der Waals surface area contributed by atoms with Crippen molar-refractivity contribution in [1.82, 2.24) is 4.90 Å². The summed E-state index contributed by atoms with van der Waals surface area (Å²) in [6, 6.07) is 3.53. The van der Waals surface area contributed by atoms with Gasteiger partial charge in [0.1, 0.15) is 18.3 Å². The van der Waals surface area contributed by atoms with Gasteiger partial charge in [0.05, 0.1) is 11.8 Å². The Kier molecular flexibility index (Phi) is 3.26. The van der Waals surface area contributed by atoms with E-state index < -0.39 is 0 Å². The van der Waals surface area contributed by atoms with Crippen molar-refractivity contribution < 1.29 is 0 Å². The molecule has 0 unspecified atom stereocenters. The minimum absolute atomic E-state index is 0.527. The van der Waals surface area contributed by atoms with Gasteiger partial charge in [0.25, 0.3) is 0 Å². The van der Waals surface area contributed by atoms with E-state index in [2.05, 4.69) is 16.3 Å².